The average molecular weight is 254 g/mol. The highest BCUT2D eigenvalue weighted by Gasteiger charge is 2.11. The Hall–Kier alpha value is -1.17. The summed E-state index contributed by atoms with van der Waals surface area (Å²) in [6.45, 7) is 6.06. The molecule has 1 rings (SSSR count). The van der Waals surface area contributed by atoms with E-state index in [-0.39, 0.29) is 0 Å². The molecule has 94 valence electrons. The van der Waals surface area contributed by atoms with Crippen LogP contribution in [0.25, 0.3) is 11.4 Å². The molecular weight excluding hydrogens is 238 g/mol. The molecule has 1 aromatic rings. The molecular formula is C12H16NO3S-. The van der Waals surface area contributed by atoms with Gasteiger partial charge in [0.1, 0.15) is 5.75 Å². The van der Waals surface area contributed by atoms with Crippen molar-refractivity contribution in [2.24, 2.45) is 0 Å². The van der Waals surface area contributed by atoms with Crippen LogP contribution in [0.15, 0.2) is 18.7 Å². The minimum Gasteiger partial charge on any atom is -0.661 e. The number of rotatable bonds is 5. The molecule has 0 bridgehead atoms. The van der Waals surface area contributed by atoms with Crippen molar-refractivity contribution in [3.63, 3.8) is 0 Å². The molecule has 0 aliphatic heterocycles. The fraction of sp³-hybridized carbons (Fsp3) is 0.333. The van der Waals surface area contributed by atoms with Crippen LogP contribution in [0.4, 0.5) is 0 Å². The summed E-state index contributed by atoms with van der Waals surface area (Å²) in [6.07, 6.45) is 1.60. The summed E-state index contributed by atoms with van der Waals surface area (Å²) in [5.74, 6) is -0.396. The molecule has 0 unspecified atom stereocenters. The number of aryl methyl sites for hydroxylation is 1. The molecule has 0 aliphatic carbocycles. The average Bonchev–Trinajstić information content (AvgIpc) is 2.15. The quantitative estimate of drug-likeness (QED) is 0.821. The molecule has 0 atom stereocenters. The lowest BCUT2D eigenvalue weighted by Gasteiger charge is -2.16. The lowest BCUT2D eigenvalue weighted by Crippen LogP contribution is -2.05. The van der Waals surface area contributed by atoms with Gasteiger partial charge in [0.2, 0.25) is 0 Å². The summed E-state index contributed by atoms with van der Waals surface area (Å²) in [5.41, 5.74) is 3.16. The fourth-order valence-electron chi connectivity index (χ4n) is 1.83. The molecule has 4 nitrogen and oxygen atoms in total. The van der Waals surface area contributed by atoms with Crippen molar-refractivity contribution in [2.75, 3.05) is 7.05 Å². The Bertz CT molecular complexity index is 521. The van der Waals surface area contributed by atoms with E-state index < -0.39 is 15.9 Å². The Morgan fingerprint density at radius 3 is 2.59 bits per heavy atom. The highest BCUT2D eigenvalue weighted by molar-refractivity contribution is 7.85. The number of hydrogen-bond acceptors (Lipinski definition) is 2. The topological polar surface area (TPSA) is 68.5 Å². The van der Waals surface area contributed by atoms with Gasteiger partial charge in [0.15, 0.2) is 0 Å². The van der Waals surface area contributed by atoms with Crippen molar-refractivity contribution in [3.8, 4) is 0 Å². The Balaban J connectivity index is 3.28. The monoisotopic (exact) mass is 254 g/mol. The first-order valence-electron chi connectivity index (χ1n) is 5.13. The molecule has 0 saturated heterocycles. The second kappa shape index (κ2) is 5.44. The summed E-state index contributed by atoms with van der Waals surface area (Å²) in [5, 5.41) is 4.00. The first-order valence-corrected chi connectivity index (χ1v) is 6.74. The molecule has 1 N–H and O–H groups in total. The maximum Gasteiger partial charge on any atom is 0.269 e. The lowest BCUT2D eigenvalue weighted by molar-refractivity contribution is 0.482. The van der Waals surface area contributed by atoms with Crippen LogP contribution in [0, 0.1) is 6.92 Å². The van der Waals surface area contributed by atoms with E-state index in [4.69, 9.17) is 4.55 Å². The van der Waals surface area contributed by atoms with E-state index in [1.807, 2.05) is 13.0 Å². The maximum atomic E-state index is 10.9. The highest BCUT2D eigenvalue weighted by Crippen LogP contribution is 2.21. The van der Waals surface area contributed by atoms with Crippen LogP contribution < -0.4 is 0 Å². The number of benzene rings is 1. The molecule has 0 spiro atoms. The van der Waals surface area contributed by atoms with Crippen molar-refractivity contribution in [3.05, 3.63) is 46.3 Å². The highest BCUT2D eigenvalue weighted by atomic mass is 32.2. The first-order chi connectivity index (χ1) is 7.87. The predicted molar refractivity (Wildman–Crippen MR) is 69.5 cm³/mol. The minimum atomic E-state index is -4.04. The molecule has 0 radical (unpaired) electrons. The van der Waals surface area contributed by atoms with Crippen molar-refractivity contribution in [1.29, 1.82) is 0 Å². The molecule has 0 saturated carbocycles. The SMILES string of the molecule is C=Cc1c(C)cc(C[N-]C)cc1CS(=O)(=O)O. The Morgan fingerprint density at radius 1 is 1.47 bits per heavy atom. The van der Waals surface area contributed by atoms with Crippen LogP contribution in [0.1, 0.15) is 22.3 Å². The first kappa shape index (κ1) is 13.9. The van der Waals surface area contributed by atoms with Crippen molar-refractivity contribution in [2.45, 2.75) is 19.2 Å². The summed E-state index contributed by atoms with van der Waals surface area (Å²) < 4.78 is 30.8. The van der Waals surface area contributed by atoms with E-state index in [0.717, 1.165) is 16.7 Å². The summed E-state index contributed by atoms with van der Waals surface area (Å²) >= 11 is 0. The van der Waals surface area contributed by atoms with Gasteiger partial charge in [0.05, 0.1) is 0 Å². The van der Waals surface area contributed by atoms with Gasteiger partial charge in [0, 0.05) is 0 Å². The Morgan fingerprint density at radius 2 is 2.12 bits per heavy atom. The van der Waals surface area contributed by atoms with Gasteiger partial charge in [-0.25, -0.2) is 0 Å². The number of nitrogens with zero attached hydrogens (tertiary/aromatic N) is 1. The largest absolute Gasteiger partial charge is 0.661 e. The van der Waals surface area contributed by atoms with Crippen LogP contribution in [0.5, 0.6) is 0 Å². The molecule has 0 aromatic heterocycles. The smallest absolute Gasteiger partial charge is 0.269 e. The normalized spacial score (nSPS) is 11.5. The second-order valence-electron chi connectivity index (χ2n) is 3.89. The Labute approximate surface area is 102 Å². The van der Waals surface area contributed by atoms with E-state index in [1.165, 1.54) is 0 Å². The zero-order chi connectivity index (χ0) is 13.1. The van der Waals surface area contributed by atoms with Crippen molar-refractivity contribution >= 4 is 16.2 Å². The van der Waals surface area contributed by atoms with Gasteiger partial charge in [-0.3, -0.25) is 4.55 Å². The molecule has 0 aliphatic rings. The van der Waals surface area contributed by atoms with Gasteiger partial charge in [-0.05, 0) is 23.6 Å². The third-order valence-corrected chi connectivity index (χ3v) is 3.09. The van der Waals surface area contributed by atoms with Gasteiger partial charge in [-0.15, -0.1) is 6.54 Å². The van der Waals surface area contributed by atoms with Crippen molar-refractivity contribution in [1.82, 2.24) is 0 Å². The third-order valence-electron chi connectivity index (χ3n) is 2.42. The van der Waals surface area contributed by atoms with Crippen LogP contribution >= 0.6 is 0 Å². The lowest BCUT2D eigenvalue weighted by atomic mass is 9.99. The number of hydrogen-bond donors (Lipinski definition) is 1. The molecule has 5 heteroatoms. The van der Waals surface area contributed by atoms with Gasteiger partial charge < -0.3 is 5.32 Å². The second-order valence-corrected chi connectivity index (χ2v) is 5.34. The molecule has 0 amide bonds. The van der Waals surface area contributed by atoms with E-state index in [0.29, 0.717) is 12.1 Å². The standard InChI is InChI=1S/C12H16NO3S/c1-4-12-9(2)5-10(7-13-3)6-11(12)8-17(14,15)16/h4-6H,1,7-8H2,2-3H3,(H,14,15,16)/q-1. The maximum absolute atomic E-state index is 10.9. The van der Waals surface area contributed by atoms with Crippen LogP contribution in [0.2, 0.25) is 0 Å². The summed E-state index contributed by atoms with van der Waals surface area (Å²) in [7, 11) is -2.34. The van der Waals surface area contributed by atoms with E-state index >= 15 is 0 Å². The van der Waals surface area contributed by atoms with Crippen LogP contribution in [-0.2, 0) is 22.4 Å². The molecule has 17 heavy (non-hydrogen) atoms. The van der Waals surface area contributed by atoms with Crippen LogP contribution in [-0.4, -0.2) is 20.0 Å². The zero-order valence-corrected chi connectivity index (χ0v) is 10.8. The van der Waals surface area contributed by atoms with Gasteiger partial charge >= 0.3 is 0 Å². The van der Waals surface area contributed by atoms with Gasteiger partial charge in [0.25, 0.3) is 10.1 Å². The third kappa shape index (κ3) is 3.96. The zero-order valence-electron chi connectivity index (χ0n) is 9.97. The predicted octanol–water partition coefficient (Wildman–Crippen LogP) is 2.53. The summed E-state index contributed by atoms with van der Waals surface area (Å²) in [6, 6.07) is 3.68. The van der Waals surface area contributed by atoms with E-state index in [2.05, 4.69) is 11.9 Å². The van der Waals surface area contributed by atoms with Crippen LogP contribution in [0.3, 0.4) is 0 Å². The molecule has 1 aromatic carbocycles. The molecule has 0 heterocycles. The van der Waals surface area contributed by atoms with E-state index in [1.54, 1.807) is 19.2 Å². The summed E-state index contributed by atoms with van der Waals surface area (Å²) in [4.78, 5) is 0. The minimum absolute atomic E-state index is 0.396. The van der Waals surface area contributed by atoms with E-state index in [9.17, 15) is 8.42 Å². The van der Waals surface area contributed by atoms with Gasteiger partial charge in [-0.1, -0.05) is 30.4 Å². The Kier molecular flexibility index (Phi) is 4.45. The fourth-order valence-corrected chi connectivity index (χ4v) is 2.47. The van der Waals surface area contributed by atoms with Crippen molar-refractivity contribution < 1.29 is 13.0 Å². The van der Waals surface area contributed by atoms with Gasteiger partial charge in [-0.2, -0.15) is 15.5 Å². The molecule has 0 fully saturated rings.